The lowest BCUT2D eigenvalue weighted by atomic mass is 10.2. The summed E-state index contributed by atoms with van der Waals surface area (Å²) in [5.74, 6) is 0.459. The molecule has 136 valence electrons. The molecule has 0 saturated carbocycles. The van der Waals surface area contributed by atoms with E-state index in [0.29, 0.717) is 17.1 Å². The maximum atomic E-state index is 13.5. The van der Waals surface area contributed by atoms with E-state index in [-0.39, 0.29) is 13.2 Å². The number of anilines is 1. The van der Waals surface area contributed by atoms with Crippen LogP contribution in [0.3, 0.4) is 0 Å². The highest BCUT2D eigenvalue weighted by Gasteiger charge is 2.39. The SMILES string of the molecule is CCOP(=O)(OCC)[C@@H](Nc1cccc(C)n1)c1ccccc1OC. The number of aryl methyl sites for hydroxylation is 1. The van der Waals surface area contributed by atoms with Gasteiger partial charge in [0, 0.05) is 11.3 Å². The van der Waals surface area contributed by atoms with Crippen LogP contribution in [-0.4, -0.2) is 25.3 Å². The van der Waals surface area contributed by atoms with Gasteiger partial charge in [-0.05, 0) is 39.0 Å². The lowest BCUT2D eigenvalue weighted by Gasteiger charge is -2.28. The Hall–Kier alpha value is -1.88. The molecule has 0 unspecified atom stereocenters. The number of ether oxygens (including phenoxy) is 1. The van der Waals surface area contributed by atoms with Crippen molar-refractivity contribution in [3.05, 3.63) is 53.7 Å². The van der Waals surface area contributed by atoms with Gasteiger partial charge < -0.3 is 19.1 Å². The van der Waals surface area contributed by atoms with Crippen LogP contribution in [0.25, 0.3) is 0 Å². The van der Waals surface area contributed by atoms with Gasteiger partial charge in [0.05, 0.1) is 20.3 Å². The highest BCUT2D eigenvalue weighted by molar-refractivity contribution is 7.54. The molecule has 2 rings (SSSR count). The van der Waals surface area contributed by atoms with Crippen LogP contribution in [0.15, 0.2) is 42.5 Å². The highest BCUT2D eigenvalue weighted by atomic mass is 31.2. The second kappa shape index (κ2) is 8.99. The fourth-order valence-corrected chi connectivity index (χ4v) is 4.47. The van der Waals surface area contributed by atoms with Crippen molar-refractivity contribution in [1.82, 2.24) is 4.98 Å². The zero-order valence-corrected chi connectivity index (χ0v) is 16.0. The van der Waals surface area contributed by atoms with Crippen LogP contribution in [0.5, 0.6) is 5.75 Å². The molecule has 6 nitrogen and oxygen atoms in total. The first-order valence-corrected chi connectivity index (χ1v) is 9.87. The molecule has 0 aliphatic rings. The van der Waals surface area contributed by atoms with Crippen molar-refractivity contribution in [2.45, 2.75) is 26.6 Å². The number of hydrogen-bond donors (Lipinski definition) is 1. The third-order valence-corrected chi connectivity index (χ3v) is 5.82. The van der Waals surface area contributed by atoms with Gasteiger partial charge in [-0.2, -0.15) is 0 Å². The van der Waals surface area contributed by atoms with Crippen molar-refractivity contribution in [3.63, 3.8) is 0 Å². The van der Waals surface area contributed by atoms with E-state index in [9.17, 15) is 4.57 Å². The Morgan fingerprint density at radius 2 is 1.76 bits per heavy atom. The van der Waals surface area contributed by atoms with Gasteiger partial charge in [0.25, 0.3) is 0 Å². The molecule has 7 heteroatoms. The van der Waals surface area contributed by atoms with Crippen LogP contribution in [0.4, 0.5) is 5.82 Å². The Balaban J connectivity index is 2.52. The van der Waals surface area contributed by atoms with Crippen molar-refractivity contribution < 1.29 is 18.3 Å². The number of aromatic nitrogens is 1. The monoisotopic (exact) mass is 364 g/mol. The van der Waals surface area contributed by atoms with Crippen LogP contribution < -0.4 is 10.1 Å². The molecule has 1 heterocycles. The summed E-state index contributed by atoms with van der Waals surface area (Å²) < 4.78 is 30.1. The summed E-state index contributed by atoms with van der Waals surface area (Å²) in [5, 5.41) is 3.22. The van der Waals surface area contributed by atoms with Crippen LogP contribution in [0, 0.1) is 6.92 Å². The van der Waals surface area contributed by atoms with Gasteiger partial charge in [-0.15, -0.1) is 0 Å². The zero-order chi connectivity index (χ0) is 18.3. The molecule has 0 radical (unpaired) electrons. The van der Waals surface area contributed by atoms with E-state index in [4.69, 9.17) is 13.8 Å². The van der Waals surface area contributed by atoms with Gasteiger partial charge in [0.1, 0.15) is 11.6 Å². The van der Waals surface area contributed by atoms with Crippen molar-refractivity contribution in [1.29, 1.82) is 0 Å². The Labute approximate surface area is 149 Å². The maximum Gasteiger partial charge on any atom is 0.357 e. The van der Waals surface area contributed by atoms with Gasteiger partial charge >= 0.3 is 7.60 Å². The number of para-hydroxylation sites is 1. The summed E-state index contributed by atoms with van der Waals surface area (Å²) in [6.45, 7) is 6.01. The Kier molecular flexibility index (Phi) is 7.00. The van der Waals surface area contributed by atoms with Gasteiger partial charge in [-0.25, -0.2) is 4.98 Å². The largest absolute Gasteiger partial charge is 0.496 e. The molecule has 0 saturated heterocycles. The van der Waals surface area contributed by atoms with Crippen molar-refractivity contribution in [2.75, 3.05) is 25.6 Å². The topological polar surface area (TPSA) is 69.7 Å². The molecule has 25 heavy (non-hydrogen) atoms. The number of methoxy groups -OCH3 is 1. The van der Waals surface area contributed by atoms with Gasteiger partial charge in [-0.3, -0.25) is 4.57 Å². The average molecular weight is 364 g/mol. The second-order valence-electron chi connectivity index (χ2n) is 5.33. The number of benzene rings is 1. The first kappa shape index (κ1) is 19.4. The summed E-state index contributed by atoms with van der Waals surface area (Å²) in [6.07, 6.45) is 0. The van der Waals surface area contributed by atoms with Gasteiger partial charge in [0.15, 0.2) is 5.78 Å². The van der Waals surface area contributed by atoms with Crippen LogP contribution >= 0.6 is 7.60 Å². The van der Waals surface area contributed by atoms with Crippen LogP contribution in [-0.2, 0) is 13.6 Å². The molecule has 0 aliphatic heterocycles. The Morgan fingerprint density at radius 3 is 2.36 bits per heavy atom. The van der Waals surface area contributed by atoms with E-state index in [2.05, 4.69) is 10.3 Å². The number of hydrogen-bond acceptors (Lipinski definition) is 6. The summed E-state index contributed by atoms with van der Waals surface area (Å²) in [5.41, 5.74) is 1.55. The quantitative estimate of drug-likeness (QED) is 0.646. The predicted octanol–water partition coefficient (Wildman–Crippen LogP) is 4.78. The number of rotatable bonds is 9. The minimum atomic E-state index is -3.50. The fourth-order valence-electron chi connectivity index (χ4n) is 2.53. The second-order valence-corrected chi connectivity index (χ2v) is 7.44. The third kappa shape index (κ3) is 4.82. The van der Waals surface area contributed by atoms with Crippen molar-refractivity contribution >= 4 is 13.4 Å². The first-order chi connectivity index (χ1) is 12.0. The van der Waals surface area contributed by atoms with E-state index in [1.54, 1.807) is 21.0 Å². The van der Waals surface area contributed by atoms with E-state index < -0.39 is 13.4 Å². The number of pyridine rings is 1. The van der Waals surface area contributed by atoms with E-state index >= 15 is 0 Å². The summed E-state index contributed by atoms with van der Waals surface area (Å²) >= 11 is 0. The van der Waals surface area contributed by atoms with E-state index in [1.807, 2.05) is 49.4 Å². The number of nitrogens with one attached hydrogen (secondary N) is 1. The molecule has 1 N–H and O–H groups in total. The summed E-state index contributed by atoms with van der Waals surface area (Å²) in [7, 11) is -1.93. The lowest BCUT2D eigenvalue weighted by Crippen LogP contribution is -2.17. The van der Waals surface area contributed by atoms with Crippen LogP contribution in [0.1, 0.15) is 30.9 Å². The van der Waals surface area contributed by atoms with Crippen molar-refractivity contribution in [2.24, 2.45) is 0 Å². The van der Waals surface area contributed by atoms with E-state index in [1.165, 1.54) is 0 Å². The molecule has 1 aromatic carbocycles. The first-order valence-electron chi connectivity index (χ1n) is 8.26. The Morgan fingerprint density at radius 1 is 1.08 bits per heavy atom. The molecule has 0 amide bonds. The molecule has 2 aromatic rings. The molecular weight excluding hydrogens is 339 g/mol. The molecule has 1 atom stereocenters. The maximum absolute atomic E-state index is 13.5. The van der Waals surface area contributed by atoms with Gasteiger partial charge in [-0.1, -0.05) is 24.3 Å². The molecular formula is C18H25N2O4P. The van der Waals surface area contributed by atoms with Crippen LogP contribution in [0.2, 0.25) is 0 Å². The van der Waals surface area contributed by atoms with Crippen molar-refractivity contribution in [3.8, 4) is 5.75 Å². The highest BCUT2D eigenvalue weighted by Crippen LogP contribution is 2.61. The molecule has 0 aliphatic carbocycles. The fraction of sp³-hybridized carbons (Fsp3) is 0.389. The zero-order valence-electron chi connectivity index (χ0n) is 15.1. The van der Waals surface area contributed by atoms with E-state index in [0.717, 1.165) is 5.69 Å². The summed E-state index contributed by atoms with van der Waals surface area (Å²) in [4.78, 5) is 4.44. The lowest BCUT2D eigenvalue weighted by molar-refractivity contribution is 0.213. The number of nitrogens with zero attached hydrogens (tertiary/aromatic N) is 1. The minimum absolute atomic E-state index is 0.270. The molecule has 1 aromatic heterocycles. The minimum Gasteiger partial charge on any atom is -0.496 e. The summed E-state index contributed by atoms with van der Waals surface area (Å²) in [6, 6.07) is 13.0. The molecule has 0 fully saturated rings. The third-order valence-electron chi connectivity index (χ3n) is 3.54. The van der Waals surface area contributed by atoms with Gasteiger partial charge in [0.2, 0.25) is 0 Å². The molecule has 0 bridgehead atoms. The normalized spacial score (nSPS) is 12.6. The average Bonchev–Trinajstić information content (AvgIpc) is 2.60. The molecule has 0 spiro atoms. The Bertz CT molecular complexity index is 729. The predicted molar refractivity (Wildman–Crippen MR) is 99.2 cm³/mol. The smallest absolute Gasteiger partial charge is 0.357 e. The standard InChI is InChI=1S/C18H25N2O4P/c1-5-23-25(21,24-6-2)18(15-11-7-8-12-16(15)22-4)20-17-13-9-10-14(3)19-17/h7-13,18H,5-6H2,1-4H3,(H,19,20)/t18-/m1/s1.